The summed E-state index contributed by atoms with van der Waals surface area (Å²) >= 11 is 0. The van der Waals surface area contributed by atoms with Crippen LogP contribution in [0.25, 0.3) is 0 Å². The van der Waals surface area contributed by atoms with Gasteiger partial charge in [0.25, 0.3) is 0 Å². The van der Waals surface area contributed by atoms with Crippen LogP contribution >= 0.6 is 0 Å². The summed E-state index contributed by atoms with van der Waals surface area (Å²) in [5, 5.41) is 9.07. The van der Waals surface area contributed by atoms with Gasteiger partial charge in [-0.1, -0.05) is 17.7 Å². The Hall–Kier alpha value is -1.53. The van der Waals surface area contributed by atoms with E-state index in [1.54, 1.807) is 0 Å². The molecule has 2 unspecified atom stereocenters. The van der Waals surface area contributed by atoms with Gasteiger partial charge in [0, 0.05) is 24.8 Å². The molecule has 3 heteroatoms. The van der Waals surface area contributed by atoms with Crippen molar-refractivity contribution in [3.8, 4) is 6.07 Å². The second-order valence-corrected chi connectivity index (χ2v) is 5.78. The van der Waals surface area contributed by atoms with Crippen molar-refractivity contribution in [3.05, 3.63) is 29.3 Å². The van der Waals surface area contributed by atoms with E-state index in [1.165, 1.54) is 16.8 Å². The minimum Gasteiger partial charge on any atom is -0.362 e. The van der Waals surface area contributed by atoms with Crippen LogP contribution < -0.4 is 4.90 Å². The summed E-state index contributed by atoms with van der Waals surface area (Å²) in [6.45, 7) is 8.55. The molecule has 0 saturated carbocycles. The molecule has 1 aliphatic heterocycles. The van der Waals surface area contributed by atoms with E-state index in [-0.39, 0.29) is 0 Å². The summed E-state index contributed by atoms with van der Waals surface area (Å²) in [6.07, 6.45) is 0.585. The van der Waals surface area contributed by atoms with Gasteiger partial charge in [-0.15, -0.1) is 0 Å². The fraction of sp³-hybridized carbons (Fsp3) is 0.562. The van der Waals surface area contributed by atoms with E-state index >= 15 is 0 Å². The SMILES string of the molecule is Cc1ccc(N2C(C)CN(C)CC2CC#N)c(C)c1. The van der Waals surface area contributed by atoms with Crippen LogP contribution in [-0.4, -0.2) is 37.1 Å². The lowest BCUT2D eigenvalue weighted by atomic mass is 10.0. The normalized spacial score (nSPS) is 24.3. The lowest BCUT2D eigenvalue weighted by Crippen LogP contribution is -2.57. The Kier molecular flexibility index (Phi) is 4.11. The highest BCUT2D eigenvalue weighted by Crippen LogP contribution is 2.29. The van der Waals surface area contributed by atoms with Crippen molar-refractivity contribution in [2.45, 2.75) is 39.3 Å². The quantitative estimate of drug-likeness (QED) is 0.816. The van der Waals surface area contributed by atoms with Crippen LogP contribution in [0.15, 0.2) is 18.2 Å². The topological polar surface area (TPSA) is 30.3 Å². The van der Waals surface area contributed by atoms with Gasteiger partial charge < -0.3 is 9.80 Å². The van der Waals surface area contributed by atoms with E-state index in [0.717, 1.165) is 13.1 Å². The summed E-state index contributed by atoms with van der Waals surface area (Å²) in [6, 6.07) is 9.67. The fourth-order valence-corrected chi connectivity index (χ4v) is 3.22. The van der Waals surface area contributed by atoms with Crippen LogP contribution in [0.4, 0.5) is 5.69 Å². The Bertz CT molecular complexity index is 489. The summed E-state index contributed by atoms with van der Waals surface area (Å²) < 4.78 is 0. The highest BCUT2D eigenvalue weighted by Gasteiger charge is 2.31. The third-order valence-electron chi connectivity index (χ3n) is 3.92. The predicted molar refractivity (Wildman–Crippen MR) is 79.4 cm³/mol. The van der Waals surface area contributed by atoms with Crippen LogP contribution in [0.3, 0.4) is 0 Å². The van der Waals surface area contributed by atoms with Gasteiger partial charge in [0.1, 0.15) is 0 Å². The van der Waals surface area contributed by atoms with Crippen molar-refractivity contribution in [3.63, 3.8) is 0 Å². The predicted octanol–water partition coefficient (Wildman–Crippen LogP) is 2.73. The van der Waals surface area contributed by atoms with Crippen molar-refractivity contribution >= 4 is 5.69 Å². The molecule has 2 rings (SSSR count). The maximum atomic E-state index is 9.07. The molecule has 102 valence electrons. The van der Waals surface area contributed by atoms with Crippen molar-refractivity contribution in [1.29, 1.82) is 5.26 Å². The van der Waals surface area contributed by atoms with Crippen LogP contribution in [-0.2, 0) is 0 Å². The molecule has 1 fully saturated rings. The summed E-state index contributed by atoms with van der Waals surface area (Å²) in [5.74, 6) is 0. The van der Waals surface area contributed by atoms with Gasteiger partial charge in [-0.3, -0.25) is 0 Å². The molecular formula is C16H23N3. The Balaban J connectivity index is 2.35. The first-order valence-electron chi connectivity index (χ1n) is 6.94. The first kappa shape index (κ1) is 13.9. The number of benzene rings is 1. The highest BCUT2D eigenvalue weighted by molar-refractivity contribution is 5.56. The maximum Gasteiger partial charge on any atom is 0.0643 e. The molecule has 0 spiro atoms. The number of anilines is 1. The molecule has 1 saturated heterocycles. The van der Waals surface area contributed by atoms with Gasteiger partial charge in [-0.2, -0.15) is 5.26 Å². The van der Waals surface area contributed by atoms with Gasteiger partial charge in [0.2, 0.25) is 0 Å². The van der Waals surface area contributed by atoms with E-state index in [9.17, 15) is 0 Å². The molecule has 1 aliphatic rings. The minimum atomic E-state index is 0.292. The Morgan fingerprint density at radius 3 is 2.68 bits per heavy atom. The molecule has 0 bridgehead atoms. The number of piperazine rings is 1. The molecule has 1 aromatic rings. The van der Waals surface area contributed by atoms with Gasteiger partial charge in [-0.25, -0.2) is 0 Å². The van der Waals surface area contributed by atoms with Crippen LogP contribution in [0.1, 0.15) is 24.5 Å². The van der Waals surface area contributed by atoms with Crippen molar-refractivity contribution < 1.29 is 0 Å². The van der Waals surface area contributed by atoms with E-state index in [1.807, 2.05) is 0 Å². The number of hydrogen-bond acceptors (Lipinski definition) is 3. The number of hydrogen-bond donors (Lipinski definition) is 0. The molecular weight excluding hydrogens is 234 g/mol. The van der Waals surface area contributed by atoms with Gasteiger partial charge >= 0.3 is 0 Å². The van der Waals surface area contributed by atoms with Crippen molar-refractivity contribution in [1.82, 2.24) is 4.90 Å². The van der Waals surface area contributed by atoms with E-state index in [4.69, 9.17) is 5.26 Å². The number of aryl methyl sites for hydroxylation is 2. The molecule has 2 atom stereocenters. The van der Waals surface area contributed by atoms with Crippen molar-refractivity contribution in [2.24, 2.45) is 0 Å². The second-order valence-electron chi connectivity index (χ2n) is 5.78. The number of rotatable bonds is 2. The maximum absolute atomic E-state index is 9.07. The summed E-state index contributed by atoms with van der Waals surface area (Å²) in [5.41, 5.74) is 3.88. The molecule has 0 aromatic heterocycles. The smallest absolute Gasteiger partial charge is 0.0643 e. The third-order valence-corrected chi connectivity index (χ3v) is 3.92. The molecule has 0 aliphatic carbocycles. The monoisotopic (exact) mass is 257 g/mol. The highest BCUT2D eigenvalue weighted by atomic mass is 15.3. The Morgan fingerprint density at radius 1 is 1.32 bits per heavy atom. The number of likely N-dealkylation sites (N-methyl/N-ethyl adjacent to an activating group) is 1. The third kappa shape index (κ3) is 2.90. The molecule has 3 nitrogen and oxygen atoms in total. The van der Waals surface area contributed by atoms with E-state index < -0.39 is 0 Å². The Morgan fingerprint density at radius 2 is 2.05 bits per heavy atom. The zero-order valence-electron chi connectivity index (χ0n) is 12.3. The lowest BCUT2D eigenvalue weighted by molar-refractivity contribution is 0.233. The first-order chi connectivity index (χ1) is 9.02. The minimum absolute atomic E-state index is 0.292. The van der Waals surface area contributed by atoms with Gasteiger partial charge in [0.15, 0.2) is 0 Å². The summed E-state index contributed by atoms with van der Waals surface area (Å²) in [7, 11) is 2.14. The molecule has 1 aromatic carbocycles. The lowest BCUT2D eigenvalue weighted by Gasteiger charge is -2.46. The first-order valence-corrected chi connectivity index (χ1v) is 6.94. The molecule has 1 heterocycles. The van der Waals surface area contributed by atoms with Crippen molar-refractivity contribution in [2.75, 3.05) is 25.0 Å². The average molecular weight is 257 g/mol. The molecule has 0 N–H and O–H groups in total. The molecule has 0 amide bonds. The zero-order valence-corrected chi connectivity index (χ0v) is 12.3. The average Bonchev–Trinajstić information content (AvgIpc) is 2.31. The van der Waals surface area contributed by atoms with E-state index in [2.05, 4.69) is 61.9 Å². The standard InChI is InChI=1S/C16H23N3/c1-12-5-6-16(13(2)9-12)19-14(3)10-18(4)11-15(19)7-8-17/h5-6,9,14-15H,7,10-11H2,1-4H3. The molecule has 0 radical (unpaired) electrons. The van der Waals surface area contributed by atoms with E-state index in [0.29, 0.717) is 18.5 Å². The van der Waals surface area contributed by atoms with Crippen LogP contribution in [0.2, 0.25) is 0 Å². The number of nitrogens with zero attached hydrogens (tertiary/aromatic N) is 3. The van der Waals surface area contributed by atoms with Gasteiger partial charge in [0.05, 0.1) is 18.5 Å². The van der Waals surface area contributed by atoms with Crippen LogP contribution in [0.5, 0.6) is 0 Å². The zero-order chi connectivity index (χ0) is 14.0. The Labute approximate surface area is 116 Å². The largest absolute Gasteiger partial charge is 0.362 e. The summed E-state index contributed by atoms with van der Waals surface area (Å²) in [4.78, 5) is 4.77. The van der Waals surface area contributed by atoms with Crippen LogP contribution in [0, 0.1) is 25.2 Å². The number of nitriles is 1. The second kappa shape index (κ2) is 5.63. The molecule has 19 heavy (non-hydrogen) atoms. The van der Waals surface area contributed by atoms with Gasteiger partial charge in [-0.05, 0) is 39.4 Å². The fourth-order valence-electron chi connectivity index (χ4n) is 3.22.